The second kappa shape index (κ2) is 39.0. The Bertz CT molecular complexity index is 757. The summed E-state index contributed by atoms with van der Waals surface area (Å²) in [7, 11) is 0. The van der Waals surface area contributed by atoms with E-state index in [2.05, 4.69) is 43.5 Å². The second-order valence-corrected chi connectivity index (χ2v) is 15.0. The van der Waals surface area contributed by atoms with Crippen LogP contribution in [-0.4, -0.2) is 57.3 Å². The maximum atomic E-state index is 12.5. The minimum absolute atomic E-state index is 0.356. The van der Waals surface area contributed by atoms with Crippen molar-refractivity contribution in [1.82, 2.24) is 5.32 Å². The molecule has 0 aromatic rings. The highest BCUT2D eigenvalue weighted by Crippen LogP contribution is 2.15. The first-order valence-electron chi connectivity index (χ1n) is 21.7. The highest BCUT2D eigenvalue weighted by Gasteiger charge is 2.28. The minimum atomic E-state index is -1.28. The number of rotatable bonds is 39. The lowest BCUT2D eigenvalue weighted by Gasteiger charge is -2.27. The molecule has 0 saturated carbocycles. The van der Waals surface area contributed by atoms with Gasteiger partial charge < -0.3 is 25.7 Å². The molecule has 0 aliphatic heterocycles. The topological polar surface area (TPSA) is 110 Å². The highest BCUT2D eigenvalue weighted by atomic mass is 16.3. The van der Waals surface area contributed by atoms with Crippen LogP contribution >= 0.6 is 0 Å². The molecule has 1 amide bonds. The first-order valence-corrected chi connectivity index (χ1v) is 21.7. The Morgan fingerprint density at radius 2 is 0.820 bits per heavy atom. The van der Waals surface area contributed by atoms with Gasteiger partial charge in [-0.05, 0) is 64.2 Å². The molecule has 0 heterocycles. The SMILES string of the molecule is CCCCCC/C=C\CCCCCCCCC(O)C(=O)NC(CO)C(O)C(O)CCC/C=C/CCCCCCCCCCCCCCCCC. The van der Waals surface area contributed by atoms with Gasteiger partial charge in [0.25, 0.3) is 0 Å². The fourth-order valence-electron chi connectivity index (χ4n) is 6.63. The third-order valence-corrected chi connectivity index (χ3v) is 10.1. The second-order valence-electron chi connectivity index (χ2n) is 15.0. The molecule has 0 bridgehead atoms. The summed E-state index contributed by atoms with van der Waals surface area (Å²) in [6, 6.07) is -1.00. The van der Waals surface area contributed by atoms with Gasteiger partial charge >= 0.3 is 0 Å². The van der Waals surface area contributed by atoms with E-state index in [1.165, 1.54) is 148 Å². The number of unbranched alkanes of at least 4 members (excludes halogenated alkanes) is 26. The molecule has 0 saturated heterocycles. The summed E-state index contributed by atoms with van der Waals surface area (Å²) < 4.78 is 0. The zero-order valence-electron chi connectivity index (χ0n) is 33.2. The van der Waals surface area contributed by atoms with Crippen LogP contribution in [0.15, 0.2) is 24.3 Å². The van der Waals surface area contributed by atoms with Gasteiger partial charge in [-0.3, -0.25) is 4.79 Å². The number of carbonyl (C=O) groups excluding carboxylic acids is 1. The van der Waals surface area contributed by atoms with Crippen molar-refractivity contribution in [3.63, 3.8) is 0 Å². The van der Waals surface area contributed by atoms with Crippen molar-refractivity contribution < 1.29 is 25.2 Å². The Labute approximate surface area is 310 Å². The molecule has 0 spiro atoms. The number of aliphatic hydroxyl groups excluding tert-OH is 4. The molecule has 6 heteroatoms. The molecule has 0 rings (SSSR count). The fourth-order valence-corrected chi connectivity index (χ4v) is 6.63. The first kappa shape index (κ1) is 48.8. The molecule has 0 fully saturated rings. The molecule has 296 valence electrons. The lowest BCUT2D eigenvalue weighted by atomic mass is 10.00. The Morgan fingerprint density at radius 1 is 0.480 bits per heavy atom. The Hall–Kier alpha value is -1.21. The summed E-state index contributed by atoms with van der Waals surface area (Å²) in [6.07, 6.45) is 43.5. The third-order valence-electron chi connectivity index (χ3n) is 10.1. The van der Waals surface area contributed by atoms with E-state index >= 15 is 0 Å². The third kappa shape index (κ3) is 32.7. The number of hydrogen-bond acceptors (Lipinski definition) is 5. The van der Waals surface area contributed by atoms with Gasteiger partial charge in [-0.2, -0.15) is 0 Å². The maximum absolute atomic E-state index is 12.5. The van der Waals surface area contributed by atoms with Crippen LogP contribution in [0.2, 0.25) is 0 Å². The molecule has 0 aliphatic rings. The molecule has 0 radical (unpaired) electrons. The van der Waals surface area contributed by atoms with Crippen molar-refractivity contribution in [2.24, 2.45) is 0 Å². The zero-order valence-corrected chi connectivity index (χ0v) is 33.2. The van der Waals surface area contributed by atoms with E-state index in [1.807, 2.05) is 0 Å². The lowest BCUT2D eigenvalue weighted by molar-refractivity contribution is -0.132. The molecular weight excluding hydrogens is 622 g/mol. The van der Waals surface area contributed by atoms with E-state index in [1.54, 1.807) is 0 Å². The summed E-state index contributed by atoms with van der Waals surface area (Å²) in [6.45, 7) is 4.02. The molecule has 5 N–H and O–H groups in total. The quantitative estimate of drug-likeness (QED) is 0.0323. The number of carbonyl (C=O) groups is 1. The minimum Gasteiger partial charge on any atom is -0.394 e. The van der Waals surface area contributed by atoms with Crippen LogP contribution in [0.4, 0.5) is 0 Å². The number of hydrogen-bond donors (Lipinski definition) is 5. The maximum Gasteiger partial charge on any atom is 0.249 e. The van der Waals surface area contributed by atoms with Crippen molar-refractivity contribution in [3.8, 4) is 0 Å². The average Bonchev–Trinajstić information content (AvgIpc) is 3.12. The molecule has 4 unspecified atom stereocenters. The molecule has 6 nitrogen and oxygen atoms in total. The van der Waals surface area contributed by atoms with Crippen LogP contribution in [0.1, 0.15) is 219 Å². The molecular formula is C44H85NO5. The van der Waals surface area contributed by atoms with Gasteiger partial charge in [0, 0.05) is 0 Å². The largest absolute Gasteiger partial charge is 0.394 e. The number of amides is 1. The van der Waals surface area contributed by atoms with E-state index in [4.69, 9.17) is 0 Å². The lowest BCUT2D eigenvalue weighted by Crippen LogP contribution is -2.53. The van der Waals surface area contributed by atoms with E-state index in [0.717, 1.165) is 44.9 Å². The predicted molar refractivity (Wildman–Crippen MR) is 214 cm³/mol. The summed E-state index contributed by atoms with van der Waals surface area (Å²) in [5, 5.41) is 43.6. The molecule has 4 atom stereocenters. The van der Waals surface area contributed by atoms with Crippen LogP contribution in [0.25, 0.3) is 0 Å². The van der Waals surface area contributed by atoms with Gasteiger partial charge in [0.15, 0.2) is 0 Å². The standard InChI is InChI=1S/C44H85NO5/c1-3-5-7-9-11-13-15-17-19-20-21-22-23-24-26-27-29-31-33-35-37-41(47)43(49)40(39-46)45-44(50)42(48)38-36-34-32-30-28-25-18-16-14-12-10-8-6-4-2/h14,16,29,31,40-43,46-49H,3-13,15,17-28,30,32-39H2,1-2H3,(H,45,50)/b16-14-,31-29+. The van der Waals surface area contributed by atoms with Gasteiger partial charge in [0.2, 0.25) is 5.91 Å². The molecule has 0 aromatic carbocycles. The average molecular weight is 708 g/mol. The molecule has 0 aromatic heterocycles. The predicted octanol–water partition coefficient (Wildman–Crippen LogP) is 11.2. The normalized spacial score (nSPS) is 14.4. The summed E-state index contributed by atoms with van der Waals surface area (Å²) >= 11 is 0. The zero-order chi connectivity index (χ0) is 36.8. The van der Waals surface area contributed by atoms with Crippen molar-refractivity contribution in [1.29, 1.82) is 0 Å². The van der Waals surface area contributed by atoms with Crippen LogP contribution in [0.3, 0.4) is 0 Å². The Kier molecular flexibility index (Phi) is 38.1. The summed E-state index contributed by atoms with van der Waals surface area (Å²) in [4.78, 5) is 12.5. The van der Waals surface area contributed by atoms with Crippen LogP contribution in [-0.2, 0) is 4.79 Å². The first-order chi connectivity index (χ1) is 24.5. The van der Waals surface area contributed by atoms with Crippen LogP contribution < -0.4 is 5.32 Å². The van der Waals surface area contributed by atoms with Gasteiger partial charge in [0.05, 0.1) is 18.8 Å². The van der Waals surface area contributed by atoms with Gasteiger partial charge in [-0.1, -0.05) is 179 Å². The summed E-state index contributed by atoms with van der Waals surface area (Å²) in [5.74, 6) is -0.599. The van der Waals surface area contributed by atoms with Crippen LogP contribution in [0.5, 0.6) is 0 Å². The smallest absolute Gasteiger partial charge is 0.249 e. The number of allylic oxidation sites excluding steroid dienone is 4. The van der Waals surface area contributed by atoms with Gasteiger partial charge in [0.1, 0.15) is 12.2 Å². The number of nitrogens with one attached hydrogen (secondary N) is 1. The van der Waals surface area contributed by atoms with Crippen molar-refractivity contribution in [2.45, 2.75) is 244 Å². The van der Waals surface area contributed by atoms with Crippen LogP contribution in [0, 0.1) is 0 Å². The van der Waals surface area contributed by atoms with Gasteiger partial charge in [-0.15, -0.1) is 0 Å². The van der Waals surface area contributed by atoms with E-state index in [0.29, 0.717) is 12.8 Å². The number of aliphatic hydroxyl groups is 4. The van der Waals surface area contributed by atoms with E-state index in [-0.39, 0.29) is 0 Å². The van der Waals surface area contributed by atoms with Gasteiger partial charge in [-0.25, -0.2) is 0 Å². The van der Waals surface area contributed by atoms with E-state index in [9.17, 15) is 25.2 Å². The van der Waals surface area contributed by atoms with E-state index < -0.39 is 36.9 Å². The Balaban J connectivity index is 3.77. The monoisotopic (exact) mass is 708 g/mol. The van der Waals surface area contributed by atoms with Crippen molar-refractivity contribution in [2.75, 3.05) is 6.61 Å². The Morgan fingerprint density at radius 3 is 1.22 bits per heavy atom. The molecule has 0 aliphatic carbocycles. The van der Waals surface area contributed by atoms with Crippen molar-refractivity contribution in [3.05, 3.63) is 24.3 Å². The summed E-state index contributed by atoms with van der Waals surface area (Å²) in [5.41, 5.74) is 0. The fraction of sp³-hybridized carbons (Fsp3) is 0.886. The van der Waals surface area contributed by atoms with Crippen molar-refractivity contribution >= 4 is 5.91 Å². The highest BCUT2D eigenvalue weighted by molar-refractivity contribution is 5.80. The molecule has 50 heavy (non-hydrogen) atoms.